The first-order chi connectivity index (χ1) is 14.4. The summed E-state index contributed by atoms with van der Waals surface area (Å²) < 4.78 is 27.1. The first-order valence-corrected chi connectivity index (χ1v) is 12.1. The second-order valence-corrected chi connectivity index (χ2v) is 10.2. The van der Waals surface area contributed by atoms with E-state index in [1.807, 2.05) is 17.0 Å². The van der Waals surface area contributed by atoms with E-state index in [0.29, 0.717) is 31.2 Å². The van der Waals surface area contributed by atoms with Crippen LogP contribution in [-0.4, -0.2) is 56.3 Å². The molecule has 30 heavy (non-hydrogen) atoms. The normalized spacial score (nSPS) is 20.5. The summed E-state index contributed by atoms with van der Waals surface area (Å²) in [5.74, 6) is -0.0112. The van der Waals surface area contributed by atoms with Crippen molar-refractivity contribution in [3.05, 3.63) is 64.7 Å². The lowest BCUT2D eigenvalue weighted by Crippen LogP contribution is -2.51. The Morgan fingerprint density at radius 2 is 1.83 bits per heavy atom. The van der Waals surface area contributed by atoms with Gasteiger partial charge in [-0.3, -0.25) is 9.69 Å². The van der Waals surface area contributed by atoms with Gasteiger partial charge in [-0.25, -0.2) is 8.42 Å². The topological polar surface area (TPSA) is 69.7 Å². The fraction of sp³-hybridized carbons (Fsp3) is 0.409. The summed E-state index contributed by atoms with van der Waals surface area (Å²) in [5, 5.41) is 3.57. The molecule has 0 aromatic heterocycles. The molecule has 1 fully saturated rings. The van der Waals surface area contributed by atoms with Gasteiger partial charge >= 0.3 is 0 Å². The van der Waals surface area contributed by atoms with Gasteiger partial charge in [-0.1, -0.05) is 41.9 Å². The number of sulfonamides is 1. The van der Waals surface area contributed by atoms with Crippen LogP contribution < -0.4 is 5.32 Å². The number of carbonyl (C=O) groups excluding carboxylic acids is 1. The van der Waals surface area contributed by atoms with E-state index < -0.39 is 10.0 Å². The van der Waals surface area contributed by atoms with Crippen molar-refractivity contribution < 1.29 is 13.2 Å². The van der Waals surface area contributed by atoms with E-state index in [9.17, 15) is 13.2 Å². The van der Waals surface area contributed by atoms with Gasteiger partial charge in [-0.2, -0.15) is 4.31 Å². The highest BCUT2D eigenvalue weighted by atomic mass is 35.5. The Balaban J connectivity index is 1.31. The number of halogens is 1. The average molecular weight is 448 g/mol. The number of benzene rings is 2. The first kappa shape index (κ1) is 21.3. The highest BCUT2D eigenvalue weighted by Crippen LogP contribution is 2.29. The molecule has 160 valence electrons. The second kappa shape index (κ2) is 9.06. The van der Waals surface area contributed by atoms with Crippen molar-refractivity contribution in [3.8, 4) is 0 Å². The lowest BCUT2D eigenvalue weighted by atomic mass is 9.88. The number of carbonyl (C=O) groups is 1. The fourth-order valence-electron chi connectivity index (χ4n) is 4.25. The number of aryl methyl sites for hydroxylation is 1. The predicted octanol–water partition coefficient (Wildman–Crippen LogP) is 2.84. The summed E-state index contributed by atoms with van der Waals surface area (Å²) in [4.78, 5) is 14.8. The third kappa shape index (κ3) is 4.70. The molecule has 1 amide bonds. The molecule has 0 saturated carbocycles. The Morgan fingerprint density at radius 1 is 1.07 bits per heavy atom. The standard InChI is InChI=1S/C22H26ClN3O3S/c23-18-7-4-8-19(15-18)30(28,29)26-13-11-25(12-14-26)16-22(27)24-21-10-3-6-17-5-1-2-9-20(17)21/h1-2,4-5,7-9,15,21H,3,6,10-14,16H2,(H,24,27). The van der Waals surface area contributed by atoms with Crippen molar-refractivity contribution in [3.63, 3.8) is 0 Å². The summed E-state index contributed by atoms with van der Waals surface area (Å²) in [6.45, 7) is 2.04. The summed E-state index contributed by atoms with van der Waals surface area (Å²) in [5.41, 5.74) is 2.53. The number of rotatable bonds is 5. The zero-order valence-electron chi connectivity index (χ0n) is 16.8. The van der Waals surface area contributed by atoms with Crippen LogP contribution in [0.2, 0.25) is 5.02 Å². The van der Waals surface area contributed by atoms with Gasteiger partial charge in [0.1, 0.15) is 0 Å². The molecule has 2 aromatic rings. The summed E-state index contributed by atoms with van der Waals surface area (Å²) in [7, 11) is -3.57. The number of amides is 1. The van der Waals surface area contributed by atoms with Crippen LogP contribution in [0.4, 0.5) is 0 Å². The van der Waals surface area contributed by atoms with Gasteiger partial charge in [0.15, 0.2) is 0 Å². The molecule has 1 aliphatic carbocycles. The second-order valence-electron chi connectivity index (χ2n) is 7.85. The molecule has 4 rings (SSSR count). The molecule has 2 aliphatic rings. The molecule has 2 aromatic carbocycles. The molecule has 0 spiro atoms. The van der Waals surface area contributed by atoms with Crippen molar-refractivity contribution in [2.75, 3.05) is 32.7 Å². The molecule has 0 radical (unpaired) electrons. The maximum absolute atomic E-state index is 12.8. The lowest BCUT2D eigenvalue weighted by molar-refractivity contribution is -0.123. The molecule has 6 nitrogen and oxygen atoms in total. The van der Waals surface area contributed by atoms with Gasteiger partial charge in [0.25, 0.3) is 0 Å². The molecule has 8 heteroatoms. The Labute approximate surface area is 182 Å². The van der Waals surface area contributed by atoms with E-state index in [2.05, 4.69) is 17.4 Å². The van der Waals surface area contributed by atoms with E-state index >= 15 is 0 Å². The molecule has 1 heterocycles. The highest BCUT2D eigenvalue weighted by molar-refractivity contribution is 7.89. The molecule has 1 aliphatic heterocycles. The van der Waals surface area contributed by atoms with Gasteiger partial charge in [-0.05, 0) is 48.6 Å². The summed E-state index contributed by atoms with van der Waals surface area (Å²) >= 11 is 5.95. The smallest absolute Gasteiger partial charge is 0.243 e. The first-order valence-electron chi connectivity index (χ1n) is 10.3. The summed E-state index contributed by atoms with van der Waals surface area (Å²) in [6, 6.07) is 14.7. The van der Waals surface area contributed by atoms with Crippen molar-refractivity contribution in [2.24, 2.45) is 0 Å². The molecule has 1 saturated heterocycles. The minimum atomic E-state index is -3.57. The van der Waals surface area contributed by atoms with E-state index in [1.165, 1.54) is 21.5 Å². The fourth-order valence-corrected chi connectivity index (χ4v) is 5.98. The van der Waals surface area contributed by atoms with E-state index in [-0.39, 0.29) is 23.4 Å². The van der Waals surface area contributed by atoms with Crippen LogP contribution in [0.5, 0.6) is 0 Å². The third-order valence-electron chi connectivity index (χ3n) is 5.84. The number of nitrogens with one attached hydrogen (secondary N) is 1. The number of fused-ring (bicyclic) bond motifs is 1. The summed E-state index contributed by atoms with van der Waals surface area (Å²) in [6.07, 6.45) is 3.09. The lowest BCUT2D eigenvalue weighted by Gasteiger charge is -2.34. The Kier molecular flexibility index (Phi) is 6.43. The van der Waals surface area contributed by atoms with E-state index in [0.717, 1.165) is 19.3 Å². The number of piperazine rings is 1. The number of hydrogen-bond acceptors (Lipinski definition) is 4. The number of nitrogens with zero attached hydrogens (tertiary/aromatic N) is 2. The Hall–Kier alpha value is -1.93. The van der Waals surface area contributed by atoms with Crippen LogP contribution >= 0.6 is 11.6 Å². The van der Waals surface area contributed by atoms with Gasteiger partial charge in [0.05, 0.1) is 17.5 Å². The molecule has 1 atom stereocenters. The van der Waals surface area contributed by atoms with Crippen LogP contribution in [0.15, 0.2) is 53.4 Å². The average Bonchev–Trinajstić information content (AvgIpc) is 2.74. The zero-order valence-corrected chi connectivity index (χ0v) is 18.3. The minimum Gasteiger partial charge on any atom is -0.348 e. The monoisotopic (exact) mass is 447 g/mol. The van der Waals surface area contributed by atoms with Crippen molar-refractivity contribution in [1.82, 2.24) is 14.5 Å². The number of hydrogen-bond donors (Lipinski definition) is 1. The predicted molar refractivity (Wildman–Crippen MR) is 117 cm³/mol. The SMILES string of the molecule is O=C(CN1CCN(S(=O)(=O)c2cccc(Cl)c2)CC1)NC1CCCc2ccccc21. The van der Waals surface area contributed by atoms with Crippen LogP contribution in [-0.2, 0) is 21.2 Å². The third-order valence-corrected chi connectivity index (χ3v) is 7.97. The largest absolute Gasteiger partial charge is 0.348 e. The van der Waals surface area contributed by atoms with Crippen LogP contribution in [0.1, 0.15) is 30.0 Å². The molecular formula is C22H26ClN3O3S. The van der Waals surface area contributed by atoms with Crippen LogP contribution in [0.3, 0.4) is 0 Å². The van der Waals surface area contributed by atoms with Gasteiger partial charge in [0, 0.05) is 31.2 Å². The van der Waals surface area contributed by atoms with Gasteiger partial charge < -0.3 is 5.32 Å². The van der Waals surface area contributed by atoms with E-state index in [1.54, 1.807) is 18.2 Å². The molecular weight excluding hydrogens is 422 g/mol. The Morgan fingerprint density at radius 3 is 2.60 bits per heavy atom. The highest BCUT2D eigenvalue weighted by Gasteiger charge is 2.30. The van der Waals surface area contributed by atoms with Crippen molar-refractivity contribution in [2.45, 2.75) is 30.2 Å². The van der Waals surface area contributed by atoms with E-state index in [4.69, 9.17) is 11.6 Å². The van der Waals surface area contributed by atoms with Gasteiger partial charge in [0.2, 0.25) is 15.9 Å². The minimum absolute atomic E-state index is 0.0112. The molecule has 1 unspecified atom stereocenters. The molecule has 0 bridgehead atoms. The maximum atomic E-state index is 12.8. The van der Waals surface area contributed by atoms with Crippen LogP contribution in [0.25, 0.3) is 0 Å². The Bertz CT molecular complexity index is 1020. The van der Waals surface area contributed by atoms with Crippen molar-refractivity contribution in [1.29, 1.82) is 0 Å². The molecule has 1 N–H and O–H groups in total. The maximum Gasteiger partial charge on any atom is 0.243 e. The van der Waals surface area contributed by atoms with Crippen molar-refractivity contribution >= 4 is 27.5 Å². The van der Waals surface area contributed by atoms with Gasteiger partial charge in [-0.15, -0.1) is 0 Å². The quantitative estimate of drug-likeness (QED) is 0.765. The zero-order chi connectivity index (χ0) is 21.1. The van der Waals surface area contributed by atoms with Crippen LogP contribution in [0, 0.1) is 0 Å².